The molecule has 1 aromatic carbocycles. The first kappa shape index (κ1) is 15.7. The lowest BCUT2D eigenvalue weighted by molar-refractivity contribution is 0.0679. The summed E-state index contributed by atoms with van der Waals surface area (Å²) in [6.45, 7) is 2.97. The molecule has 0 aliphatic heterocycles. The minimum Gasteiger partial charge on any atom is -0.339 e. The summed E-state index contributed by atoms with van der Waals surface area (Å²) in [5.41, 5.74) is 1.87. The molecule has 2 aromatic rings. The van der Waals surface area contributed by atoms with Gasteiger partial charge in [0, 0.05) is 18.7 Å². The number of hydrogen-bond donors (Lipinski definition) is 0. The number of carbonyl (C=O) groups excluding carboxylic acids is 1. The molecule has 1 saturated carbocycles. The Morgan fingerprint density at radius 1 is 1.22 bits per heavy atom. The number of hydrogen-bond acceptors (Lipinski definition) is 3. The molecule has 0 atom stereocenters. The summed E-state index contributed by atoms with van der Waals surface area (Å²) in [6, 6.07) is 8.19. The number of amides is 1. The van der Waals surface area contributed by atoms with Gasteiger partial charge in [-0.15, -0.1) is 0 Å². The molecule has 0 spiro atoms. The van der Waals surface area contributed by atoms with Crippen molar-refractivity contribution in [2.45, 2.75) is 45.2 Å². The van der Waals surface area contributed by atoms with E-state index < -0.39 is 0 Å². The van der Waals surface area contributed by atoms with Crippen LogP contribution in [0.25, 0.3) is 0 Å². The molecule has 23 heavy (non-hydrogen) atoms. The third-order valence-corrected chi connectivity index (χ3v) is 4.87. The Bertz CT molecular complexity index is 628. The van der Waals surface area contributed by atoms with Crippen molar-refractivity contribution in [3.8, 4) is 0 Å². The second kappa shape index (κ2) is 6.94. The van der Waals surface area contributed by atoms with Crippen LogP contribution in [0.4, 0.5) is 0 Å². The van der Waals surface area contributed by atoms with Crippen molar-refractivity contribution in [2.75, 3.05) is 7.05 Å². The van der Waals surface area contributed by atoms with Gasteiger partial charge in [0.1, 0.15) is 12.7 Å². The number of rotatable bonds is 4. The highest BCUT2D eigenvalue weighted by molar-refractivity contribution is 5.94. The average molecular weight is 312 g/mol. The Kier molecular flexibility index (Phi) is 4.74. The van der Waals surface area contributed by atoms with Crippen LogP contribution >= 0.6 is 0 Å². The minimum atomic E-state index is 0.122. The number of nitrogens with zero attached hydrogens (tertiary/aromatic N) is 4. The van der Waals surface area contributed by atoms with Crippen molar-refractivity contribution in [1.29, 1.82) is 0 Å². The second-order valence-electron chi connectivity index (χ2n) is 6.62. The Balaban J connectivity index is 1.63. The van der Waals surface area contributed by atoms with E-state index in [1.54, 1.807) is 11.0 Å². The van der Waals surface area contributed by atoms with Crippen molar-refractivity contribution in [3.63, 3.8) is 0 Å². The van der Waals surface area contributed by atoms with Gasteiger partial charge >= 0.3 is 0 Å². The van der Waals surface area contributed by atoms with Crippen LogP contribution in [0.2, 0.25) is 0 Å². The highest BCUT2D eigenvalue weighted by atomic mass is 16.2. The molecule has 0 bridgehead atoms. The van der Waals surface area contributed by atoms with E-state index in [4.69, 9.17) is 0 Å². The predicted octanol–water partition coefficient (Wildman–Crippen LogP) is 2.98. The fraction of sp³-hybridized carbons (Fsp3) is 0.500. The minimum absolute atomic E-state index is 0.122. The predicted molar refractivity (Wildman–Crippen MR) is 89.1 cm³/mol. The molecule has 0 N–H and O–H groups in total. The number of aromatic nitrogens is 3. The summed E-state index contributed by atoms with van der Waals surface area (Å²) >= 11 is 0. The van der Waals surface area contributed by atoms with Crippen LogP contribution < -0.4 is 0 Å². The molecule has 0 radical (unpaired) electrons. The summed E-state index contributed by atoms with van der Waals surface area (Å²) in [5.74, 6) is 0.919. The monoisotopic (exact) mass is 312 g/mol. The molecule has 3 rings (SSSR count). The fourth-order valence-corrected chi connectivity index (χ4v) is 3.25. The Hall–Kier alpha value is -2.17. The van der Waals surface area contributed by atoms with E-state index >= 15 is 0 Å². The third kappa shape index (κ3) is 3.78. The summed E-state index contributed by atoms with van der Waals surface area (Å²) < 4.78 is 1.77. The summed E-state index contributed by atoms with van der Waals surface area (Å²) in [6.07, 6.45) is 7.90. The van der Waals surface area contributed by atoms with Gasteiger partial charge in [-0.25, -0.2) is 9.67 Å². The van der Waals surface area contributed by atoms with Gasteiger partial charge in [-0.1, -0.05) is 19.1 Å². The van der Waals surface area contributed by atoms with Crippen LogP contribution in [0.3, 0.4) is 0 Å². The van der Waals surface area contributed by atoms with Crippen LogP contribution in [0.5, 0.6) is 0 Å². The summed E-state index contributed by atoms with van der Waals surface area (Å²) in [7, 11) is 1.94. The topological polar surface area (TPSA) is 51.0 Å². The summed E-state index contributed by atoms with van der Waals surface area (Å²) in [5, 5.41) is 4.09. The maximum absolute atomic E-state index is 12.7. The van der Waals surface area contributed by atoms with Crippen molar-refractivity contribution in [3.05, 3.63) is 48.0 Å². The first-order valence-electron chi connectivity index (χ1n) is 8.32. The van der Waals surface area contributed by atoms with E-state index in [9.17, 15) is 4.79 Å². The lowest BCUT2D eigenvalue weighted by atomic mass is 9.86. The van der Waals surface area contributed by atoms with E-state index in [1.165, 1.54) is 19.2 Å². The van der Waals surface area contributed by atoms with Gasteiger partial charge in [-0.2, -0.15) is 5.10 Å². The Morgan fingerprint density at radius 2 is 1.91 bits per heavy atom. The molecular weight excluding hydrogens is 288 g/mol. The van der Waals surface area contributed by atoms with Gasteiger partial charge in [0.2, 0.25) is 0 Å². The van der Waals surface area contributed by atoms with E-state index in [0.717, 1.165) is 29.9 Å². The van der Waals surface area contributed by atoms with Crippen LogP contribution in [0, 0.1) is 5.92 Å². The molecule has 1 aromatic heterocycles. The van der Waals surface area contributed by atoms with Crippen LogP contribution in [0.1, 0.15) is 48.5 Å². The molecule has 5 heteroatoms. The van der Waals surface area contributed by atoms with E-state index in [-0.39, 0.29) is 5.91 Å². The molecule has 0 saturated heterocycles. The molecule has 122 valence electrons. The van der Waals surface area contributed by atoms with Gasteiger partial charge in [0.25, 0.3) is 5.91 Å². The normalized spacial score (nSPS) is 21.1. The van der Waals surface area contributed by atoms with Crippen LogP contribution in [-0.4, -0.2) is 38.7 Å². The lowest BCUT2D eigenvalue weighted by Crippen LogP contribution is -2.39. The van der Waals surface area contributed by atoms with Gasteiger partial charge in [-0.3, -0.25) is 4.79 Å². The van der Waals surface area contributed by atoms with Crippen molar-refractivity contribution < 1.29 is 4.79 Å². The Morgan fingerprint density at radius 3 is 2.52 bits per heavy atom. The van der Waals surface area contributed by atoms with Crippen molar-refractivity contribution >= 4 is 5.91 Å². The molecule has 1 fully saturated rings. The number of benzene rings is 1. The molecule has 1 aliphatic rings. The lowest BCUT2D eigenvalue weighted by Gasteiger charge is -2.33. The van der Waals surface area contributed by atoms with E-state index in [2.05, 4.69) is 17.0 Å². The van der Waals surface area contributed by atoms with E-state index in [1.807, 2.05) is 36.2 Å². The molecule has 1 heterocycles. The van der Waals surface area contributed by atoms with Crippen LogP contribution in [-0.2, 0) is 6.54 Å². The first-order valence-corrected chi connectivity index (χ1v) is 8.32. The maximum atomic E-state index is 12.7. The van der Waals surface area contributed by atoms with Crippen molar-refractivity contribution in [2.24, 2.45) is 5.92 Å². The second-order valence-corrected chi connectivity index (χ2v) is 6.62. The highest BCUT2D eigenvalue weighted by Crippen LogP contribution is 2.27. The fourth-order valence-electron chi connectivity index (χ4n) is 3.25. The highest BCUT2D eigenvalue weighted by Gasteiger charge is 2.25. The summed E-state index contributed by atoms with van der Waals surface area (Å²) in [4.78, 5) is 18.5. The van der Waals surface area contributed by atoms with E-state index in [0.29, 0.717) is 12.6 Å². The maximum Gasteiger partial charge on any atom is 0.253 e. The standard InChI is InChI=1S/C18H24N4O/c1-14-3-9-17(10-4-14)21(2)18(23)16-7-5-15(6-8-16)11-22-13-19-12-20-22/h5-8,12-14,17H,3-4,9-11H2,1-2H3. The third-order valence-electron chi connectivity index (χ3n) is 4.87. The number of carbonyl (C=O) groups is 1. The zero-order chi connectivity index (χ0) is 16.2. The van der Waals surface area contributed by atoms with Gasteiger partial charge in [0.05, 0.1) is 6.54 Å². The first-order chi connectivity index (χ1) is 11.1. The van der Waals surface area contributed by atoms with Gasteiger partial charge in [-0.05, 0) is 49.3 Å². The quantitative estimate of drug-likeness (QED) is 0.872. The SMILES string of the molecule is CC1CCC(N(C)C(=O)c2ccc(Cn3cncn3)cc2)CC1. The molecule has 1 aliphatic carbocycles. The zero-order valence-corrected chi connectivity index (χ0v) is 13.9. The average Bonchev–Trinajstić information content (AvgIpc) is 3.08. The molecule has 0 unspecified atom stereocenters. The smallest absolute Gasteiger partial charge is 0.253 e. The molecular formula is C18H24N4O. The van der Waals surface area contributed by atoms with Crippen LogP contribution in [0.15, 0.2) is 36.9 Å². The Labute approximate surface area is 137 Å². The largest absolute Gasteiger partial charge is 0.339 e. The molecule has 1 amide bonds. The zero-order valence-electron chi connectivity index (χ0n) is 13.9. The van der Waals surface area contributed by atoms with Gasteiger partial charge < -0.3 is 4.90 Å². The van der Waals surface area contributed by atoms with Crippen molar-refractivity contribution in [1.82, 2.24) is 19.7 Å². The molecule has 5 nitrogen and oxygen atoms in total. The van der Waals surface area contributed by atoms with Gasteiger partial charge in [0.15, 0.2) is 0 Å².